The average Bonchev–Trinajstić information content (AvgIpc) is 2.61. The van der Waals surface area contributed by atoms with E-state index in [9.17, 15) is 22.1 Å². The van der Waals surface area contributed by atoms with Crippen molar-refractivity contribution in [3.63, 3.8) is 0 Å². The van der Waals surface area contributed by atoms with Gasteiger partial charge in [0.05, 0.1) is 6.20 Å². The van der Waals surface area contributed by atoms with Crippen LogP contribution in [0.3, 0.4) is 0 Å². The number of ether oxygens (including phenoxy) is 1. The van der Waals surface area contributed by atoms with Crippen molar-refractivity contribution in [2.24, 2.45) is 0 Å². The van der Waals surface area contributed by atoms with Gasteiger partial charge in [0.1, 0.15) is 29.4 Å². The second kappa shape index (κ2) is 7.48. The normalized spacial score (nSPS) is 13.0. The van der Waals surface area contributed by atoms with Gasteiger partial charge in [-0.1, -0.05) is 6.07 Å². The lowest BCUT2D eigenvalue weighted by atomic mass is 10.3. The van der Waals surface area contributed by atoms with Crippen LogP contribution in [0.5, 0.6) is 5.75 Å². The zero-order chi connectivity index (χ0) is 19.6. The summed E-state index contributed by atoms with van der Waals surface area (Å²) in [7, 11) is 0. The van der Waals surface area contributed by atoms with Crippen LogP contribution in [0, 0.1) is 0 Å². The third-order valence-electron chi connectivity index (χ3n) is 3.22. The Bertz CT molecular complexity index is 960. The van der Waals surface area contributed by atoms with Crippen molar-refractivity contribution in [3.8, 4) is 5.75 Å². The monoisotopic (exact) mass is 401 g/mol. The molecule has 0 amide bonds. The van der Waals surface area contributed by atoms with Crippen molar-refractivity contribution in [1.82, 2.24) is 19.9 Å². The Morgan fingerprint density at radius 1 is 1.22 bits per heavy atom. The number of nitrogens with zero attached hydrogens (tertiary/aromatic N) is 4. The van der Waals surface area contributed by atoms with Gasteiger partial charge in [0.15, 0.2) is 5.82 Å². The molecule has 0 bridgehead atoms. The quantitative estimate of drug-likeness (QED) is 0.385. The number of benzene rings is 1. The van der Waals surface area contributed by atoms with Gasteiger partial charge in [-0.25, -0.2) is 9.97 Å². The van der Waals surface area contributed by atoms with E-state index in [1.807, 2.05) is 0 Å². The predicted molar refractivity (Wildman–Crippen MR) is 88.8 cm³/mol. The summed E-state index contributed by atoms with van der Waals surface area (Å²) < 4.78 is 66.3. The van der Waals surface area contributed by atoms with Crippen LogP contribution in [0.4, 0.5) is 29.1 Å². The third kappa shape index (κ3) is 4.34. The maximum atomic E-state index is 13.1. The molecule has 3 rings (SSSR count). The van der Waals surface area contributed by atoms with Gasteiger partial charge in [-0.2, -0.15) is 27.5 Å². The third-order valence-corrected chi connectivity index (χ3v) is 3.93. The number of hydrogen-bond donors (Lipinski definition) is 1. The van der Waals surface area contributed by atoms with Crippen molar-refractivity contribution in [2.75, 3.05) is 11.6 Å². The van der Waals surface area contributed by atoms with E-state index in [1.54, 1.807) is 0 Å². The first kappa shape index (κ1) is 19.0. The molecule has 0 aliphatic carbocycles. The van der Waals surface area contributed by atoms with Crippen LogP contribution >= 0.6 is 0 Å². The fraction of sp³-hybridized carbons (Fsp3) is 0.200. The van der Waals surface area contributed by atoms with Gasteiger partial charge in [0, 0.05) is 22.9 Å². The minimum absolute atomic E-state index is 0.0639. The predicted octanol–water partition coefficient (Wildman–Crippen LogP) is 3.14. The zero-order valence-electron chi connectivity index (χ0n) is 13.6. The van der Waals surface area contributed by atoms with Crippen molar-refractivity contribution < 1.29 is 26.9 Å². The van der Waals surface area contributed by atoms with E-state index in [0.717, 1.165) is 12.1 Å². The Hall–Kier alpha value is -2.73. The van der Waals surface area contributed by atoms with E-state index < -0.39 is 29.5 Å². The van der Waals surface area contributed by atoms with E-state index in [2.05, 4.69) is 30.0 Å². The molecule has 27 heavy (non-hydrogen) atoms. The van der Waals surface area contributed by atoms with Crippen molar-refractivity contribution in [3.05, 3.63) is 36.8 Å². The number of aromatic nitrogens is 4. The Balaban J connectivity index is 1.91. The first-order chi connectivity index (χ1) is 12.8. The molecule has 0 saturated carbocycles. The fourth-order valence-corrected chi connectivity index (χ4v) is 2.46. The highest BCUT2D eigenvalue weighted by atomic mass is 32.2. The molecular weight excluding hydrogens is 390 g/mol. The van der Waals surface area contributed by atoms with E-state index >= 15 is 0 Å². The fourth-order valence-electron chi connectivity index (χ4n) is 2.04. The molecule has 2 aromatic heterocycles. The van der Waals surface area contributed by atoms with Crippen molar-refractivity contribution in [1.29, 1.82) is 0 Å². The average molecular weight is 401 g/mol. The highest BCUT2D eigenvalue weighted by molar-refractivity contribution is 7.90. The van der Waals surface area contributed by atoms with Crippen LogP contribution in [-0.4, -0.2) is 43.3 Å². The second-order valence-electron chi connectivity index (χ2n) is 5.18. The minimum Gasteiger partial charge on any atom is -0.609 e. The summed E-state index contributed by atoms with van der Waals surface area (Å²) in [6, 6.07) is 5.04. The Kier molecular flexibility index (Phi) is 5.28. The molecule has 2 heterocycles. The Morgan fingerprint density at radius 2 is 2.00 bits per heavy atom. The van der Waals surface area contributed by atoms with Gasteiger partial charge < -0.3 is 14.6 Å². The van der Waals surface area contributed by atoms with Crippen LogP contribution in [0.25, 0.3) is 11.0 Å². The second-order valence-corrected chi connectivity index (χ2v) is 6.45. The van der Waals surface area contributed by atoms with E-state index in [1.165, 1.54) is 30.9 Å². The van der Waals surface area contributed by atoms with Crippen LogP contribution in [0.15, 0.2) is 41.9 Å². The lowest BCUT2D eigenvalue weighted by molar-refractivity contribution is -0.253. The molecule has 1 aromatic carbocycles. The number of nitrogens with one attached hydrogen (secondary N) is 1. The summed E-state index contributed by atoms with van der Waals surface area (Å²) in [5, 5.41) is 2.88. The van der Waals surface area contributed by atoms with Gasteiger partial charge in [-0.05, 0) is 12.1 Å². The summed E-state index contributed by atoms with van der Waals surface area (Å²) in [5.74, 6) is -0.277. The molecule has 0 saturated heterocycles. The van der Waals surface area contributed by atoms with Gasteiger partial charge in [-0.15, -0.1) is 0 Å². The van der Waals surface area contributed by atoms with E-state index in [0.29, 0.717) is 5.52 Å². The van der Waals surface area contributed by atoms with Gasteiger partial charge in [0.2, 0.25) is 0 Å². The number of hydrogen-bond acceptors (Lipinski definition) is 7. The zero-order valence-corrected chi connectivity index (χ0v) is 14.4. The maximum Gasteiger partial charge on any atom is 0.461 e. The lowest BCUT2D eigenvalue weighted by Crippen LogP contribution is -2.33. The molecule has 142 valence electrons. The molecule has 12 heteroatoms. The smallest absolute Gasteiger partial charge is 0.461 e. The first-order valence-corrected chi connectivity index (χ1v) is 8.85. The minimum atomic E-state index is -4.62. The van der Waals surface area contributed by atoms with E-state index in [4.69, 9.17) is 0 Å². The molecule has 1 N–H and O–H groups in total. The molecule has 0 spiro atoms. The number of halogens is 4. The van der Waals surface area contributed by atoms with Crippen LogP contribution in [0.1, 0.15) is 0 Å². The molecule has 0 fully saturated rings. The molecule has 1 unspecified atom stereocenters. The molecule has 1 atom stereocenters. The lowest BCUT2D eigenvalue weighted by Gasteiger charge is -2.17. The number of fused-ring (bicyclic) bond motifs is 1. The summed E-state index contributed by atoms with van der Waals surface area (Å²) in [6.07, 6.45) is -4.59. The molecule has 3 aromatic rings. The Morgan fingerprint density at radius 3 is 2.70 bits per heavy atom. The molecule has 0 aliphatic heterocycles. The Labute approximate surface area is 153 Å². The topological polar surface area (TPSA) is 95.9 Å². The number of alkyl halides is 4. The highest BCUT2D eigenvalue weighted by Crippen LogP contribution is 2.30. The number of anilines is 2. The van der Waals surface area contributed by atoms with E-state index in [-0.39, 0.29) is 22.2 Å². The van der Waals surface area contributed by atoms with Gasteiger partial charge in [-0.3, -0.25) is 0 Å². The summed E-state index contributed by atoms with van der Waals surface area (Å²) >= 11 is -1.44. The molecule has 7 nitrogen and oxygen atoms in total. The summed E-state index contributed by atoms with van der Waals surface area (Å²) in [4.78, 5) is 16.1. The van der Waals surface area contributed by atoms with Gasteiger partial charge >= 0.3 is 17.7 Å². The first-order valence-electron chi connectivity index (χ1n) is 7.29. The van der Waals surface area contributed by atoms with Crippen molar-refractivity contribution in [2.45, 2.75) is 17.7 Å². The standard InChI is InChI=1S/C15H11F4N5O2S/c1-27(25)14-20-6-10-11(24-14)12(22-7-21-10)23-8-3-2-4-9(5-8)26-15(18,19)13(16)17/h2-7,13H,1H3,(H,21,22,23). The van der Waals surface area contributed by atoms with Crippen LogP contribution < -0.4 is 10.1 Å². The molecular formula is C15H11F4N5O2S. The maximum absolute atomic E-state index is 13.1. The summed E-state index contributed by atoms with van der Waals surface area (Å²) in [5.41, 5.74) is 0.843. The van der Waals surface area contributed by atoms with Gasteiger partial charge in [0.25, 0.3) is 0 Å². The van der Waals surface area contributed by atoms with Crippen LogP contribution in [-0.2, 0) is 11.2 Å². The van der Waals surface area contributed by atoms with Crippen molar-refractivity contribution >= 4 is 33.7 Å². The highest BCUT2D eigenvalue weighted by Gasteiger charge is 2.44. The number of rotatable bonds is 6. The summed E-state index contributed by atoms with van der Waals surface area (Å²) in [6.45, 7) is 0. The largest absolute Gasteiger partial charge is 0.609 e. The molecule has 0 radical (unpaired) electrons. The molecule has 0 aliphatic rings. The van der Waals surface area contributed by atoms with Crippen LogP contribution in [0.2, 0.25) is 0 Å². The SMILES string of the molecule is C[S+]([O-])c1ncc2ncnc(Nc3cccc(OC(F)(F)C(F)F)c3)c2n1.